The topological polar surface area (TPSA) is 97.5 Å². The molecule has 1 aromatic rings. The van der Waals surface area contributed by atoms with E-state index in [1.54, 1.807) is 0 Å². The second-order valence-electron chi connectivity index (χ2n) is 4.81. The number of aliphatic hydroxyl groups excluding tert-OH is 1. The largest absolute Gasteiger partial charge is 0.506 e. The van der Waals surface area contributed by atoms with E-state index in [1.807, 2.05) is 0 Å². The zero-order chi connectivity index (χ0) is 20.7. The highest BCUT2D eigenvalue weighted by Gasteiger charge is 2.25. The number of aliphatic imine (C=N–C) groups is 1. The van der Waals surface area contributed by atoms with Gasteiger partial charge in [0.25, 0.3) is 0 Å². The molecule has 0 saturated carbocycles. The highest BCUT2D eigenvalue weighted by Crippen LogP contribution is 2.25. The Hall–Kier alpha value is -3.24. The Morgan fingerprint density at radius 2 is 1.78 bits per heavy atom. The number of amidine groups is 1. The monoisotopic (exact) mass is 390 g/mol. The Kier molecular flexibility index (Phi) is 7.64. The molecule has 1 rings (SSSR count). The number of aliphatic hydroxyl groups is 1. The minimum atomic E-state index is -2.18. The number of hydrogen-bond donors (Lipinski definition) is 1. The summed E-state index contributed by atoms with van der Waals surface area (Å²) >= 11 is 0. The van der Waals surface area contributed by atoms with Gasteiger partial charge in [-0.3, -0.25) is 0 Å². The zero-order valence-corrected chi connectivity index (χ0v) is 14.3. The number of halogens is 4. The standard InChI is InChI=1S/C16H14F4N2O5/c1-4-26-16(25)10(6-21-7(2)22-27-8(3)23)15(24)9-5-11(17)13(19)14(20)12(9)18/h5-6,24H,4H2,1-3H3/b15-10-,21-6+,22-7+. The molecule has 0 saturated heterocycles. The molecule has 1 N–H and O–H groups in total. The molecular formula is C16H14F4N2O5. The zero-order valence-electron chi connectivity index (χ0n) is 14.3. The van der Waals surface area contributed by atoms with Crippen molar-refractivity contribution in [2.45, 2.75) is 20.8 Å². The molecule has 0 aliphatic heterocycles. The molecule has 0 fully saturated rings. The molecule has 0 heterocycles. The fourth-order valence-corrected chi connectivity index (χ4v) is 1.62. The van der Waals surface area contributed by atoms with E-state index in [9.17, 15) is 32.3 Å². The Morgan fingerprint density at radius 1 is 1.15 bits per heavy atom. The molecule has 0 spiro atoms. The van der Waals surface area contributed by atoms with Crippen LogP contribution in [0.2, 0.25) is 0 Å². The molecule has 0 aliphatic carbocycles. The number of oxime groups is 1. The predicted octanol–water partition coefficient (Wildman–Crippen LogP) is 3.04. The van der Waals surface area contributed by atoms with Crippen LogP contribution in [0.1, 0.15) is 26.3 Å². The SMILES string of the molecule is CCOC(=O)C(/C=N/C(C)=N/OC(C)=O)=C(\O)c1cc(F)c(F)c(F)c1F. The number of ether oxygens (including phenoxy) is 1. The Morgan fingerprint density at radius 3 is 2.33 bits per heavy atom. The fourth-order valence-electron chi connectivity index (χ4n) is 1.62. The minimum absolute atomic E-state index is 0.154. The van der Waals surface area contributed by atoms with E-state index in [0.717, 1.165) is 6.92 Å². The van der Waals surface area contributed by atoms with E-state index in [4.69, 9.17) is 0 Å². The van der Waals surface area contributed by atoms with Crippen LogP contribution in [-0.4, -0.2) is 35.7 Å². The summed E-state index contributed by atoms with van der Waals surface area (Å²) in [6.07, 6.45) is 0.647. The first-order valence-electron chi connectivity index (χ1n) is 7.30. The summed E-state index contributed by atoms with van der Waals surface area (Å²) in [5.74, 6) is -11.4. The van der Waals surface area contributed by atoms with Crippen LogP contribution in [0.15, 0.2) is 21.8 Å². The molecule has 1 aromatic carbocycles. The van der Waals surface area contributed by atoms with E-state index < -0.39 is 52.1 Å². The van der Waals surface area contributed by atoms with E-state index in [0.29, 0.717) is 6.21 Å². The summed E-state index contributed by atoms with van der Waals surface area (Å²) in [5, 5.41) is 13.4. The smallest absolute Gasteiger partial charge is 0.343 e. The Bertz CT molecular complexity index is 850. The van der Waals surface area contributed by atoms with Crippen LogP contribution < -0.4 is 0 Å². The van der Waals surface area contributed by atoms with E-state index in [2.05, 4.69) is 19.7 Å². The maximum Gasteiger partial charge on any atom is 0.343 e. The lowest BCUT2D eigenvalue weighted by molar-refractivity contribution is -0.141. The van der Waals surface area contributed by atoms with Crippen LogP contribution in [0.3, 0.4) is 0 Å². The van der Waals surface area contributed by atoms with E-state index >= 15 is 0 Å². The van der Waals surface area contributed by atoms with E-state index in [1.165, 1.54) is 13.8 Å². The van der Waals surface area contributed by atoms with Crippen molar-refractivity contribution in [1.29, 1.82) is 0 Å². The first-order valence-corrected chi connectivity index (χ1v) is 7.30. The van der Waals surface area contributed by atoms with Crippen molar-refractivity contribution in [1.82, 2.24) is 0 Å². The van der Waals surface area contributed by atoms with Gasteiger partial charge in [0, 0.05) is 13.1 Å². The van der Waals surface area contributed by atoms with Crippen molar-refractivity contribution in [2.75, 3.05) is 6.61 Å². The average Bonchev–Trinajstić information content (AvgIpc) is 2.61. The van der Waals surface area contributed by atoms with Crippen molar-refractivity contribution in [2.24, 2.45) is 10.1 Å². The lowest BCUT2D eigenvalue weighted by Gasteiger charge is -2.09. The predicted molar refractivity (Wildman–Crippen MR) is 85.8 cm³/mol. The first kappa shape index (κ1) is 21.8. The summed E-state index contributed by atoms with van der Waals surface area (Å²) in [7, 11) is 0. The minimum Gasteiger partial charge on any atom is -0.506 e. The van der Waals surface area contributed by atoms with Crippen LogP contribution in [0.25, 0.3) is 5.76 Å². The van der Waals surface area contributed by atoms with Gasteiger partial charge in [0.2, 0.25) is 0 Å². The van der Waals surface area contributed by atoms with Gasteiger partial charge in [0.15, 0.2) is 29.1 Å². The third-order valence-electron chi connectivity index (χ3n) is 2.80. The van der Waals surface area contributed by atoms with Gasteiger partial charge in [-0.1, -0.05) is 5.16 Å². The third kappa shape index (κ3) is 5.62. The lowest BCUT2D eigenvalue weighted by atomic mass is 10.1. The fraction of sp³-hybridized carbons (Fsp3) is 0.250. The van der Waals surface area contributed by atoms with Gasteiger partial charge >= 0.3 is 11.9 Å². The molecule has 0 aromatic heterocycles. The van der Waals surface area contributed by atoms with Crippen molar-refractivity contribution in [3.8, 4) is 0 Å². The quantitative estimate of drug-likeness (QED) is 0.0796. The van der Waals surface area contributed by atoms with E-state index in [-0.39, 0.29) is 18.5 Å². The summed E-state index contributed by atoms with van der Waals surface area (Å²) in [6, 6.07) is 0.163. The average molecular weight is 390 g/mol. The van der Waals surface area contributed by atoms with Gasteiger partial charge in [0.1, 0.15) is 11.3 Å². The number of rotatable bonds is 5. The molecule has 27 heavy (non-hydrogen) atoms. The first-order chi connectivity index (χ1) is 12.6. The second kappa shape index (κ2) is 9.46. The molecule has 7 nitrogen and oxygen atoms in total. The molecule has 146 valence electrons. The molecule has 11 heteroatoms. The number of esters is 1. The molecule has 0 radical (unpaired) electrons. The van der Waals surface area contributed by atoms with Gasteiger partial charge in [-0.2, -0.15) is 0 Å². The summed E-state index contributed by atoms with van der Waals surface area (Å²) < 4.78 is 58.3. The Labute approximate surface area is 150 Å². The molecule has 0 aliphatic rings. The molecule has 0 amide bonds. The van der Waals surface area contributed by atoms with Gasteiger partial charge in [-0.15, -0.1) is 0 Å². The number of hydrogen-bond acceptors (Lipinski definition) is 6. The van der Waals surface area contributed by atoms with Gasteiger partial charge < -0.3 is 14.7 Å². The molecule has 0 bridgehead atoms. The molecule has 0 atom stereocenters. The lowest BCUT2D eigenvalue weighted by Crippen LogP contribution is -2.13. The summed E-state index contributed by atoms with van der Waals surface area (Å²) in [4.78, 5) is 30.5. The van der Waals surface area contributed by atoms with Crippen LogP contribution in [-0.2, 0) is 19.2 Å². The highest BCUT2D eigenvalue weighted by molar-refractivity contribution is 6.16. The Balaban J connectivity index is 3.48. The second-order valence-corrected chi connectivity index (χ2v) is 4.81. The highest BCUT2D eigenvalue weighted by atomic mass is 19.2. The van der Waals surface area contributed by atoms with Crippen LogP contribution >= 0.6 is 0 Å². The van der Waals surface area contributed by atoms with Crippen LogP contribution in [0.4, 0.5) is 17.6 Å². The maximum atomic E-state index is 13.9. The molecular weight excluding hydrogens is 376 g/mol. The van der Waals surface area contributed by atoms with Gasteiger partial charge in [-0.05, 0) is 19.9 Å². The maximum absolute atomic E-state index is 13.9. The summed E-state index contributed by atoms with van der Waals surface area (Å²) in [5.41, 5.74) is -1.94. The normalized spacial score (nSPS) is 12.8. The number of benzene rings is 1. The van der Waals surface area contributed by atoms with Crippen molar-refractivity contribution >= 4 is 29.7 Å². The van der Waals surface area contributed by atoms with Crippen molar-refractivity contribution < 1.29 is 41.8 Å². The third-order valence-corrected chi connectivity index (χ3v) is 2.80. The van der Waals surface area contributed by atoms with Crippen LogP contribution in [0.5, 0.6) is 0 Å². The van der Waals surface area contributed by atoms with Crippen molar-refractivity contribution in [3.05, 3.63) is 40.5 Å². The number of carbonyl (C=O) groups excluding carboxylic acids is 2. The van der Waals surface area contributed by atoms with Crippen molar-refractivity contribution in [3.63, 3.8) is 0 Å². The molecule has 0 unspecified atom stereocenters. The number of carbonyl (C=O) groups is 2. The van der Waals surface area contributed by atoms with Gasteiger partial charge in [-0.25, -0.2) is 32.1 Å². The van der Waals surface area contributed by atoms with Crippen LogP contribution in [0, 0.1) is 23.3 Å². The van der Waals surface area contributed by atoms with Gasteiger partial charge in [0.05, 0.1) is 12.2 Å². The summed E-state index contributed by atoms with van der Waals surface area (Å²) in [6.45, 7) is 3.58. The number of nitrogens with zero attached hydrogens (tertiary/aromatic N) is 2.